The van der Waals surface area contributed by atoms with E-state index < -0.39 is 0 Å². The third-order valence-corrected chi connectivity index (χ3v) is 5.92. The highest BCUT2D eigenvalue weighted by Crippen LogP contribution is 2.23. The highest BCUT2D eigenvalue weighted by molar-refractivity contribution is 8.15. The minimum absolute atomic E-state index is 0.236. The van der Waals surface area contributed by atoms with E-state index in [9.17, 15) is 14.4 Å². The first-order valence-corrected chi connectivity index (χ1v) is 10.8. The van der Waals surface area contributed by atoms with Gasteiger partial charge in [-0.25, -0.2) is 4.98 Å². The third-order valence-electron chi connectivity index (χ3n) is 4.94. The summed E-state index contributed by atoms with van der Waals surface area (Å²) >= 11 is 1.03. The Hall–Kier alpha value is -3.39. The average molecular weight is 436 g/mol. The van der Waals surface area contributed by atoms with E-state index in [-0.39, 0.29) is 28.0 Å². The van der Waals surface area contributed by atoms with Gasteiger partial charge in [0.15, 0.2) is 5.69 Å². The van der Waals surface area contributed by atoms with Crippen molar-refractivity contribution >= 4 is 28.8 Å². The molecule has 7 nitrogen and oxygen atoms in total. The van der Waals surface area contributed by atoms with Gasteiger partial charge in [-0.15, -0.1) is 0 Å². The normalized spacial score (nSPS) is 15.7. The first-order chi connectivity index (χ1) is 15.0. The molecule has 2 N–H and O–H groups in total. The Morgan fingerprint density at radius 3 is 2.48 bits per heavy atom. The van der Waals surface area contributed by atoms with Crippen LogP contribution in [0.1, 0.15) is 27.4 Å². The molecule has 3 aromatic rings. The molecule has 2 aromatic carbocycles. The second-order valence-corrected chi connectivity index (χ2v) is 8.38. The summed E-state index contributed by atoms with van der Waals surface area (Å²) in [5, 5.41) is 4.52. The smallest absolute Gasteiger partial charge is 0.286 e. The van der Waals surface area contributed by atoms with Crippen LogP contribution in [-0.4, -0.2) is 33.8 Å². The summed E-state index contributed by atoms with van der Waals surface area (Å²) < 4.78 is 5.65. The van der Waals surface area contributed by atoms with Crippen molar-refractivity contribution in [3.63, 3.8) is 0 Å². The number of oxazole rings is 1. The molecule has 0 spiro atoms. The lowest BCUT2D eigenvalue weighted by Gasteiger charge is -2.07. The Bertz CT molecular complexity index is 1110. The molecule has 1 atom stereocenters. The molecule has 2 heterocycles. The van der Waals surface area contributed by atoms with E-state index >= 15 is 0 Å². The van der Waals surface area contributed by atoms with Crippen LogP contribution in [0.25, 0.3) is 11.5 Å². The van der Waals surface area contributed by atoms with Crippen LogP contribution in [-0.2, 0) is 17.6 Å². The summed E-state index contributed by atoms with van der Waals surface area (Å²) in [7, 11) is 0. The number of hydrogen-bond acceptors (Lipinski definition) is 6. The van der Waals surface area contributed by atoms with Crippen molar-refractivity contribution in [2.75, 3.05) is 6.54 Å². The van der Waals surface area contributed by atoms with E-state index in [0.717, 1.165) is 28.5 Å². The van der Waals surface area contributed by atoms with Crippen LogP contribution in [0.3, 0.4) is 0 Å². The van der Waals surface area contributed by atoms with E-state index in [4.69, 9.17) is 4.42 Å². The lowest BCUT2D eigenvalue weighted by atomic mass is 10.1. The van der Waals surface area contributed by atoms with Crippen LogP contribution in [0, 0.1) is 6.92 Å². The van der Waals surface area contributed by atoms with Gasteiger partial charge in [0, 0.05) is 12.1 Å². The van der Waals surface area contributed by atoms with Crippen molar-refractivity contribution in [3.8, 4) is 11.5 Å². The number of carbonyl (C=O) groups is 3. The second-order valence-electron chi connectivity index (χ2n) is 7.20. The maximum Gasteiger partial charge on any atom is 0.286 e. The molecule has 1 aromatic heterocycles. The maximum absolute atomic E-state index is 12.5. The van der Waals surface area contributed by atoms with Gasteiger partial charge in [-0.2, -0.15) is 0 Å². The topological polar surface area (TPSA) is 101 Å². The summed E-state index contributed by atoms with van der Waals surface area (Å²) in [5.74, 6) is 0.400. The van der Waals surface area contributed by atoms with E-state index in [2.05, 4.69) is 15.6 Å². The first-order valence-electron chi connectivity index (χ1n) is 9.90. The maximum atomic E-state index is 12.5. The van der Waals surface area contributed by atoms with Crippen molar-refractivity contribution in [3.05, 3.63) is 77.2 Å². The van der Waals surface area contributed by atoms with Gasteiger partial charge in [-0.1, -0.05) is 54.2 Å². The molecule has 0 bridgehead atoms. The van der Waals surface area contributed by atoms with Crippen LogP contribution in [0.2, 0.25) is 0 Å². The number of aryl methyl sites for hydroxylation is 1. The van der Waals surface area contributed by atoms with Crippen molar-refractivity contribution in [2.45, 2.75) is 25.0 Å². The number of nitrogens with zero attached hydrogens (tertiary/aromatic N) is 1. The Morgan fingerprint density at radius 1 is 1.10 bits per heavy atom. The predicted molar refractivity (Wildman–Crippen MR) is 118 cm³/mol. The molecule has 0 radical (unpaired) electrons. The molecule has 0 aliphatic carbocycles. The van der Waals surface area contributed by atoms with E-state index in [1.807, 2.05) is 54.6 Å². The highest BCUT2D eigenvalue weighted by Gasteiger charge is 2.31. The van der Waals surface area contributed by atoms with E-state index in [1.54, 1.807) is 6.92 Å². The number of rotatable bonds is 7. The molecule has 0 unspecified atom stereocenters. The summed E-state index contributed by atoms with van der Waals surface area (Å²) in [5.41, 5.74) is 3.16. The van der Waals surface area contributed by atoms with Gasteiger partial charge in [0.2, 0.25) is 11.8 Å². The molecular formula is C23H21N3O4S. The zero-order valence-electron chi connectivity index (χ0n) is 16.9. The molecular weight excluding hydrogens is 414 g/mol. The van der Waals surface area contributed by atoms with Crippen LogP contribution in [0.5, 0.6) is 0 Å². The summed E-state index contributed by atoms with van der Waals surface area (Å²) in [6.45, 7) is 2.18. The van der Waals surface area contributed by atoms with Gasteiger partial charge in [-0.05, 0) is 43.0 Å². The number of nitrogens with one attached hydrogen (secondary N) is 2. The largest absolute Gasteiger partial charge is 0.441 e. The van der Waals surface area contributed by atoms with Crippen LogP contribution < -0.4 is 10.6 Å². The van der Waals surface area contributed by atoms with Gasteiger partial charge in [0.05, 0.1) is 5.25 Å². The molecule has 31 heavy (non-hydrogen) atoms. The number of aromatic nitrogens is 1. The average Bonchev–Trinajstić information content (AvgIpc) is 3.31. The lowest BCUT2D eigenvalue weighted by Crippen LogP contribution is -2.26. The number of benzene rings is 2. The summed E-state index contributed by atoms with van der Waals surface area (Å²) in [6, 6.07) is 17.3. The van der Waals surface area contributed by atoms with E-state index in [1.165, 1.54) is 0 Å². The SMILES string of the molecule is Cc1oc(-c2ccccc2)nc1C(=O)NCCc1ccc(C[C@@H]2SC(=O)NC2=O)cc1. The van der Waals surface area contributed by atoms with Gasteiger partial charge in [-0.3, -0.25) is 19.7 Å². The zero-order valence-corrected chi connectivity index (χ0v) is 17.7. The molecule has 0 saturated carbocycles. The fourth-order valence-electron chi connectivity index (χ4n) is 3.30. The van der Waals surface area contributed by atoms with Crippen LogP contribution in [0.15, 0.2) is 59.0 Å². The third kappa shape index (κ3) is 5.03. The fraction of sp³-hybridized carbons (Fsp3) is 0.217. The van der Waals surface area contributed by atoms with Crippen molar-refractivity contribution in [1.82, 2.24) is 15.6 Å². The minimum Gasteiger partial charge on any atom is -0.441 e. The first kappa shape index (κ1) is 20.9. The lowest BCUT2D eigenvalue weighted by molar-refractivity contribution is -0.118. The predicted octanol–water partition coefficient (Wildman–Crippen LogP) is 3.52. The molecule has 4 rings (SSSR count). The molecule has 3 amide bonds. The zero-order chi connectivity index (χ0) is 21.8. The Labute approximate surface area is 183 Å². The van der Waals surface area contributed by atoms with Gasteiger partial charge < -0.3 is 9.73 Å². The van der Waals surface area contributed by atoms with E-state index in [0.29, 0.717) is 31.0 Å². The number of imide groups is 1. The Balaban J connectivity index is 1.29. The van der Waals surface area contributed by atoms with Gasteiger partial charge >= 0.3 is 0 Å². The Morgan fingerprint density at radius 2 is 1.81 bits per heavy atom. The minimum atomic E-state index is -0.371. The molecule has 1 aliphatic rings. The molecule has 8 heteroatoms. The van der Waals surface area contributed by atoms with Gasteiger partial charge in [0.25, 0.3) is 11.1 Å². The van der Waals surface area contributed by atoms with Gasteiger partial charge in [0.1, 0.15) is 5.76 Å². The fourth-order valence-corrected chi connectivity index (χ4v) is 4.16. The Kier molecular flexibility index (Phi) is 6.18. The van der Waals surface area contributed by atoms with Crippen molar-refractivity contribution < 1.29 is 18.8 Å². The molecule has 1 fully saturated rings. The van der Waals surface area contributed by atoms with Crippen LogP contribution in [0.4, 0.5) is 4.79 Å². The number of thioether (sulfide) groups is 1. The monoisotopic (exact) mass is 435 g/mol. The quantitative estimate of drug-likeness (QED) is 0.589. The second kappa shape index (κ2) is 9.18. The van der Waals surface area contributed by atoms with Crippen molar-refractivity contribution in [1.29, 1.82) is 0 Å². The molecule has 1 aliphatic heterocycles. The molecule has 1 saturated heterocycles. The number of carbonyl (C=O) groups excluding carboxylic acids is 3. The van der Waals surface area contributed by atoms with Crippen molar-refractivity contribution in [2.24, 2.45) is 0 Å². The number of hydrogen-bond donors (Lipinski definition) is 2. The summed E-state index contributed by atoms with van der Waals surface area (Å²) in [4.78, 5) is 39.8. The standard InChI is InChI=1S/C23H21N3O4S/c1-14-19(25-22(30-14)17-5-3-2-4-6-17)21(28)24-12-11-15-7-9-16(10-8-15)13-18-20(27)26-23(29)31-18/h2-10,18H,11-13H2,1H3,(H,24,28)(H,26,27,29)/t18-/m0/s1. The molecule has 158 valence electrons. The highest BCUT2D eigenvalue weighted by atomic mass is 32.2. The summed E-state index contributed by atoms with van der Waals surface area (Å²) in [6.07, 6.45) is 1.17. The van der Waals surface area contributed by atoms with Crippen LogP contribution >= 0.6 is 11.8 Å². The number of amides is 3.